The van der Waals surface area contributed by atoms with E-state index in [2.05, 4.69) is 4.90 Å². The first-order valence-corrected chi connectivity index (χ1v) is 6.34. The van der Waals surface area contributed by atoms with Gasteiger partial charge in [0.2, 0.25) is 0 Å². The Labute approximate surface area is 103 Å². The molecule has 0 amide bonds. The lowest BCUT2D eigenvalue weighted by molar-refractivity contribution is 0.321. The summed E-state index contributed by atoms with van der Waals surface area (Å²) in [6.07, 6.45) is 3.93. The van der Waals surface area contributed by atoms with E-state index in [-0.39, 0.29) is 11.9 Å². The van der Waals surface area contributed by atoms with Crippen molar-refractivity contribution < 1.29 is 4.39 Å². The molecule has 2 N–H and O–H groups in total. The van der Waals surface area contributed by atoms with Crippen molar-refractivity contribution in [3.63, 3.8) is 0 Å². The largest absolute Gasteiger partial charge is 0.374 e. The molecule has 2 rings (SSSR count). The maximum absolute atomic E-state index is 13.8. The van der Waals surface area contributed by atoms with Crippen LogP contribution in [0.5, 0.6) is 0 Å². The molecule has 0 saturated heterocycles. The zero-order valence-electron chi connectivity index (χ0n) is 10.6. The van der Waals surface area contributed by atoms with E-state index in [1.54, 1.807) is 6.07 Å². The molecule has 0 radical (unpaired) electrons. The second kappa shape index (κ2) is 5.05. The van der Waals surface area contributed by atoms with E-state index in [1.165, 1.54) is 25.3 Å². The van der Waals surface area contributed by atoms with Crippen molar-refractivity contribution in [1.82, 2.24) is 0 Å². The molecule has 3 heteroatoms. The number of halogens is 1. The van der Waals surface area contributed by atoms with E-state index < -0.39 is 0 Å². The summed E-state index contributed by atoms with van der Waals surface area (Å²) < 4.78 is 13.8. The molecule has 1 aromatic carbocycles. The molecule has 0 unspecified atom stereocenters. The van der Waals surface area contributed by atoms with E-state index in [0.29, 0.717) is 5.56 Å². The Morgan fingerprint density at radius 1 is 1.47 bits per heavy atom. The second-order valence-electron chi connectivity index (χ2n) is 5.14. The van der Waals surface area contributed by atoms with Crippen LogP contribution in [0, 0.1) is 11.7 Å². The average molecular weight is 236 g/mol. The van der Waals surface area contributed by atoms with Crippen molar-refractivity contribution in [1.29, 1.82) is 0 Å². The highest BCUT2D eigenvalue weighted by Gasteiger charge is 2.21. The smallest absolute Gasteiger partial charge is 0.130 e. The normalized spacial score (nSPS) is 17.6. The summed E-state index contributed by atoms with van der Waals surface area (Å²) in [5, 5.41) is 0. The van der Waals surface area contributed by atoms with E-state index in [1.807, 2.05) is 20.0 Å². The van der Waals surface area contributed by atoms with Gasteiger partial charge in [-0.05, 0) is 37.8 Å². The minimum Gasteiger partial charge on any atom is -0.374 e. The van der Waals surface area contributed by atoms with E-state index in [9.17, 15) is 4.39 Å². The van der Waals surface area contributed by atoms with Crippen LogP contribution in [0.4, 0.5) is 10.1 Å². The van der Waals surface area contributed by atoms with Crippen LogP contribution in [0.15, 0.2) is 18.2 Å². The monoisotopic (exact) mass is 236 g/mol. The third-order valence-electron chi connectivity index (χ3n) is 3.65. The highest BCUT2D eigenvalue weighted by molar-refractivity contribution is 5.55. The number of rotatable bonds is 4. The van der Waals surface area contributed by atoms with Crippen molar-refractivity contribution in [3.05, 3.63) is 29.6 Å². The van der Waals surface area contributed by atoms with Crippen LogP contribution < -0.4 is 10.6 Å². The Bertz CT molecular complexity index is 386. The summed E-state index contributed by atoms with van der Waals surface area (Å²) in [7, 11) is 2.03. The standard InChI is InChI=1S/C14H21FN2/c1-10(16)14-12(15)7-4-8-13(14)17(2)9-11-5-3-6-11/h4,7-8,10-11H,3,5-6,9,16H2,1-2H3/t10-/m0/s1. The van der Waals surface area contributed by atoms with Gasteiger partial charge in [-0.2, -0.15) is 0 Å². The minimum absolute atomic E-state index is 0.196. The van der Waals surface area contributed by atoms with Crippen molar-refractivity contribution in [2.24, 2.45) is 11.7 Å². The second-order valence-corrected chi connectivity index (χ2v) is 5.14. The highest BCUT2D eigenvalue weighted by Crippen LogP contribution is 2.31. The molecular weight excluding hydrogens is 215 g/mol. The van der Waals surface area contributed by atoms with Gasteiger partial charge in [0.15, 0.2) is 0 Å². The molecule has 1 atom stereocenters. The van der Waals surface area contributed by atoms with Crippen molar-refractivity contribution in [3.8, 4) is 0 Å². The number of nitrogens with zero attached hydrogens (tertiary/aromatic N) is 1. The van der Waals surface area contributed by atoms with Crippen LogP contribution in [0.2, 0.25) is 0 Å². The van der Waals surface area contributed by atoms with Crippen LogP contribution in [0.1, 0.15) is 37.8 Å². The van der Waals surface area contributed by atoms with Crippen LogP contribution >= 0.6 is 0 Å². The summed E-state index contributed by atoms with van der Waals surface area (Å²) in [6, 6.07) is 4.93. The lowest BCUT2D eigenvalue weighted by atomic mass is 9.85. The Morgan fingerprint density at radius 2 is 2.18 bits per heavy atom. The van der Waals surface area contributed by atoms with E-state index >= 15 is 0 Å². The number of hydrogen-bond donors (Lipinski definition) is 1. The van der Waals surface area contributed by atoms with Gasteiger partial charge in [0, 0.05) is 30.9 Å². The molecule has 17 heavy (non-hydrogen) atoms. The summed E-state index contributed by atoms with van der Waals surface area (Å²) in [6.45, 7) is 2.84. The van der Waals surface area contributed by atoms with Gasteiger partial charge in [-0.1, -0.05) is 12.5 Å². The molecular formula is C14H21FN2. The van der Waals surface area contributed by atoms with Gasteiger partial charge < -0.3 is 10.6 Å². The van der Waals surface area contributed by atoms with Gasteiger partial charge in [-0.3, -0.25) is 0 Å². The highest BCUT2D eigenvalue weighted by atomic mass is 19.1. The zero-order chi connectivity index (χ0) is 12.4. The summed E-state index contributed by atoms with van der Waals surface area (Å²) in [5.74, 6) is 0.571. The van der Waals surface area contributed by atoms with Crippen LogP contribution in [-0.4, -0.2) is 13.6 Å². The first-order chi connectivity index (χ1) is 8.09. The van der Waals surface area contributed by atoms with E-state index in [4.69, 9.17) is 5.73 Å². The summed E-state index contributed by atoms with van der Waals surface area (Å²) in [5.41, 5.74) is 7.43. The van der Waals surface area contributed by atoms with Crippen LogP contribution in [0.25, 0.3) is 0 Å². The Kier molecular flexibility index (Phi) is 3.67. The van der Waals surface area contributed by atoms with E-state index in [0.717, 1.165) is 18.2 Å². The Hall–Kier alpha value is -1.09. The zero-order valence-corrected chi connectivity index (χ0v) is 10.6. The first kappa shape index (κ1) is 12.4. The minimum atomic E-state index is -0.268. The SMILES string of the molecule is C[C@H](N)c1c(F)cccc1N(C)CC1CCC1. The Balaban J connectivity index is 2.20. The van der Waals surface area contributed by atoms with Gasteiger partial charge in [-0.15, -0.1) is 0 Å². The van der Waals surface area contributed by atoms with Crippen molar-refractivity contribution in [2.45, 2.75) is 32.2 Å². The molecule has 1 aliphatic carbocycles. The molecule has 94 valence electrons. The molecule has 1 fully saturated rings. The molecule has 0 aromatic heterocycles. The third-order valence-corrected chi connectivity index (χ3v) is 3.65. The molecule has 1 aliphatic rings. The first-order valence-electron chi connectivity index (χ1n) is 6.34. The lowest BCUT2D eigenvalue weighted by Crippen LogP contribution is -2.30. The molecule has 2 nitrogen and oxygen atoms in total. The number of benzene rings is 1. The average Bonchev–Trinajstić information content (AvgIpc) is 2.22. The molecule has 0 bridgehead atoms. The summed E-state index contributed by atoms with van der Waals surface area (Å²) >= 11 is 0. The predicted molar refractivity (Wildman–Crippen MR) is 69.6 cm³/mol. The summed E-state index contributed by atoms with van der Waals surface area (Å²) in [4.78, 5) is 2.14. The van der Waals surface area contributed by atoms with Gasteiger partial charge in [0.25, 0.3) is 0 Å². The van der Waals surface area contributed by atoms with Gasteiger partial charge in [0.1, 0.15) is 5.82 Å². The lowest BCUT2D eigenvalue weighted by Gasteiger charge is -2.32. The van der Waals surface area contributed by atoms with Crippen LogP contribution in [-0.2, 0) is 0 Å². The number of nitrogens with two attached hydrogens (primary N) is 1. The topological polar surface area (TPSA) is 29.3 Å². The molecule has 0 spiro atoms. The van der Waals surface area contributed by atoms with Gasteiger partial charge in [0.05, 0.1) is 0 Å². The quantitative estimate of drug-likeness (QED) is 0.870. The predicted octanol–water partition coefficient (Wildman–Crippen LogP) is 3.08. The molecule has 0 aliphatic heterocycles. The van der Waals surface area contributed by atoms with Crippen LogP contribution in [0.3, 0.4) is 0 Å². The van der Waals surface area contributed by atoms with Gasteiger partial charge >= 0.3 is 0 Å². The fourth-order valence-electron chi connectivity index (χ4n) is 2.47. The van der Waals surface area contributed by atoms with Crippen molar-refractivity contribution >= 4 is 5.69 Å². The maximum Gasteiger partial charge on any atom is 0.130 e. The number of hydrogen-bond acceptors (Lipinski definition) is 2. The molecule has 0 heterocycles. The third kappa shape index (κ3) is 2.60. The van der Waals surface area contributed by atoms with Gasteiger partial charge in [-0.25, -0.2) is 4.39 Å². The Morgan fingerprint density at radius 3 is 2.71 bits per heavy atom. The molecule has 1 saturated carbocycles. The maximum atomic E-state index is 13.8. The number of anilines is 1. The fraction of sp³-hybridized carbons (Fsp3) is 0.571. The van der Waals surface area contributed by atoms with Crippen molar-refractivity contribution in [2.75, 3.05) is 18.5 Å². The molecule has 1 aromatic rings. The fourth-order valence-corrected chi connectivity index (χ4v) is 2.47.